The van der Waals surface area contributed by atoms with E-state index in [1.54, 1.807) is 5.57 Å². The van der Waals surface area contributed by atoms with Crippen LogP contribution in [0.3, 0.4) is 0 Å². The highest BCUT2D eigenvalue weighted by molar-refractivity contribution is 5.32. The van der Waals surface area contributed by atoms with Gasteiger partial charge in [0.15, 0.2) is 0 Å². The van der Waals surface area contributed by atoms with E-state index in [4.69, 9.17) is 0 Å². The van der Waals surface area contributed by atoms with Crippen molar-refractivity contribution in [1.29, 1.82) is 0 Å². The summed E-state index contributed by atoms with van der Waals surface area (Å²) in [6.07, 6.45) is 20.1. The van der Waals surface area contributed by atoms with Crippen LogP contribution in [0, 0.1) is 52.3 Å². The lowest BCUT2D eigenvalue weighted by Crippen LogP contribution is -2.52. The van der Waals surface area contributed by atoms with Crippen LogP contribution in [0.5, 0.6) is 0 Å². The molecule has 4 rings (SSSR count). The fourth-order valence-corrected chi connectivity index (χ4v) is 9.18. The zero-order chi connectivity index (χ0) is 22.4. The van der Waals surface area contributed by atoms with Crippen LogP contribution in [-0.4, -0.2) is 0 Å². The minimum atomic E-state index is 0.436. The van der Waals surface area contributed by atoms with Gasteiger partial charge in [0.05, 0.1) is 0 Å². The van der Waals surface area contributed by atoms with Crippen LogP contribution < -0.4 is 0 Å². The Balaban J connectivity index is 1.59. The Kier molecular flexibility index (Phi) is 6.69. The highest BCUT2D eigenvalue weighted by Crippen LogP contribution is 2.68. The van der Waals surface area contributed by atoms with E-state index in [2.05, 4.69) is 59.9 Å². The van der Waals surface area contributed by atoms with E-state index in [9.17, 15) is 0 Å². The molecule has 0 aromatic carbocycles. The molecule has 0 N–H and O–H groups in total. The van der Waals surface area contributed by atoms with Crippen molar-refractivity contribution in [2.24, 2.45) is 52.3 Å². The van der Waals surface area contributed by atoms with Crippen LogP contribution in [-0.2, 0) is 0 Å². The van der Waals surface area contributed by atoms with E-state index in [1.165, 1.54) is 76.2 Å². The maximum atomic E-state index is 4.38. The molecule has 174 valence electrons. The van der Waals surface area contributed by atoms with Gasteiger partial charge in [-0.1, -0.05) is 83.8 Å². The molecule has 0 radical (unpaired) electrons. The van der Waals surface area contributed by atoms with Crippen molar-refractivity contribution in [3.63, 3.8) is 0 Å². The van der Waals surface area contributed by atoms with E-state index in [1.807, 2.05) is 0 Å². The third kappa shape index (κ3) is 4.04. The summed E-state index contributed by atoms with van der Waals surface area (Å²) in [6, 6.07) is 0. The van der Waals surface area contributed by atoms with Gasteiger partial charge in [-0.05, 0) is 104 Å². The minimum Gasteiger partial charge on any atom is -0.103 e. The molecule has 0 heterocycles. The lowest BCUT2D eigenvalue weighted by atomic mass is 9.44. The average molecular weight is 423 g/mol. The van der Waals surface area contributed by atoms with Crippen molar-refractivity contribution >= 4 is 0 Å². The molecular weight excluding hydrogens is 372 g/mol. The van der Waals surface area contributed by atoms with Crippen LogP contribution in [0.4, 0.5) is 0 Å². The first-order valence-electron chi connectivity index (χ1n) is 13.7. The fourth-order valence-electron chi connectivity index (χ4n) is 9.18. The van der Waals surface area contributed by atoms with Crippen molar-refractivity contribution in [1.82, 2.24) is 0 Å². The van der Waals surface area contributed by atoms with E-state index in [0.29, 0.717) is 10.8 Å². The summed E-state index contributed by atoms with van der Waals surface area (Å²) < 4.78 is 0. The molecule has 4 aliphatic rings. The summed E-state index contributed by atoms with van der Waals surface area (Å²) in [4.78, 5) is 0. The van der Waals surface area contributed by atoms with Gasteiger partial charge in [-0.15, -0.1) is 6.58 Å². The first kappa shape index (κ1) is 23.4. The first-order chi connectivity index (χ1) is 14.7. The third-order valence-electron chi connectivity index (χ3n) is 10.9. The molecule has 0 aromatic rings. The maximum Gasteiger partial charge on any atom is -0.00788 e. The number of fused-ring (bicyclic) bond motifs is 5. The molecule has 4 aliphatic carbocycles. The normalized spacial score (nSPS) is 43.1. The lowest BCUT2D eigenvalue weighted by molar-refractivity contribution is -0.0672. The van der Waals surface area contributed by atoms with Gasteiger partial charge in [0.25, 0.3) is 0 Å². The Bertz CT molecular complexity index is 710. The Hall–Kier alpha value is -0.780. The summed E-state index contributed by atoms with van der Waals surface area (Å²) in [5, 5.41) is 0. The average Bonchev–Trinajstić information content (AvgIpc) is 3.06. The molecule has 3 saturated carbocycles. The van der Waals surface area contributed by atoms with Crippen LogP contribution in [0.25, 0.3) is 0 Å². The van der Waals surface area contributed by atoms with Crippen LogP contribution in [0.15, 0.2) is 36.5 Å². The predicted octanol–water partition coefficient (Wildman–Crippen LogP) is 9.39. The van der Waals surface area contributed by atoms with Crippen molar-refractivity contribution < 1.29 is 0 Å². The fraction of sp³-hybridized carbons (Fsp3) is 0.806. The largest absolute Gasteiger partial charge is 0.103 e. The molecule has 0 aromatic heterocycles. The summed E-state index contributed by atoms with van der Waals surface area (Å²) in [5.41, 5.74) is 4.22. The Labute approximate surface area is 194 Å². The zero-order valence-corrected chi connectivity index (χ0v) is 21.4. The standard InChI is InChI=1S/C31H50/c1-8-10-24-20-25-19-22(4)15-17-30(25,6)28-16-18-31(7)26(13-14-27(31)29(24)28)23(5)12-9-11-21(2)3/h8,20-21,23-24,26-29H,1,4,9-19H2,2-3,5-7H3. The van der Waals surface area contributed by atoms with Crippen molar-refractivity contribution in [3.8, 4) is 0 Å². The smallest absolute Gasteiger partial charge is 0.00788 e. The van der Waals surface area contributed by atoms with Crippen molar-refractivity contribution in [3.05, 3.63) is 36.5 Å². The summed E-state index contributed by atoms with van der Waals surface area (Å²) >= 11 is 0. The molecule has 8 atom stereocenters. The highest BCUT2D eigenvalue weighted by atomic mass is 14.6. The molecule has 0 saturated heterocycles. The molecule has 0 bridgehead atoms. The number of hydrogen-bond acceptors (Lipinski definition) is 0. The molecule has 0 nitrogen and oxygen atoms in total. The topological polar surface area (TPSA) is 0 Å². The van der Waals surface area contributed by atoms with Gasteiger partial charge in [0.1, 0.15) is 0 Å². The molecule has 0 aliphatic heterocycles. The molecular formula is C31H50. The molecule has 31 heavy (non-hydrogen) atoms. The van der Waals surface area contributed by atoms with Gasteiger partial charge in [-0.2, -0.15) is 0 Å². The quantitative estimate of drug-likeness (QED) is 0.358. The van der Waals surface area contributed by atoms with Crippen LogP contribution in [0.1, 0.15) is 105 Å². The maximum absolute atomic E-state index is 4.38. The van der Waals surface area contributed by atoms with Crippen LogP contribution >= 0.6 is 0 Å². The van der Waals surface area contributed by atoms with Crippen molar-refractivity contribution in [2.75, 3.05) is 0 Å². The number of allylic oxidation sites excluding steroid dienone is 4. The van der Waals surface area contributed by atoms with E-state index in [-0.39, 0.29) is 0 Å². The minimum absolute atomic E-state index is 0.436. The van der Waals surface area contributed by atoms with E-state index < -0.39 is 0 Å². The summed E-state index contributed by atoms with van der Waals surface area (Å²) in [5.74, 6) is 6.10. The van der Waals surface area contributed by atoms with Gasteiger partial charge in [0.2, 0.25) is 0 Å². The molecule has 0 heteroatoms. The van der Waals surface area contributed by atoms with E-state index >= 15 is 0 Å². The Morgan fingerprint density at radius 1 is 1.06 bits per heavy atom. The first-order valence-corrected chi connectivity index (χ1v) is 13.7. The SMILES string of the molecule is C=CCC1C=C2CC(=C)CCC2(C)C2CCC3(C)C(C(C)CCCC(C)C)CCC3C12. The van der Waals surface area contributed by atoms with Gasteiger partial charge >= 0.3 is 0 Å². The molecule has 8 unspecified atom stereocenters. The highest BCUT2D eigenvalue weighted by Gasteiger charge is 2.60. The second kappa shape index (κ2) is 8.87. The second-order valence-electron chi connectivity index (χ2n) is 13.0. The number of hydrogen-bond donors (Lipinski definition) is 0. The third-order valence-corrected chi connectivity index (χ3v) is 10.9. The molecule has 0 amide bonds. The van der Waals surface area contributed by atoms with Gasteiger partial charge in [0, 0.05) is 0 Å². The molecule has 3 fully saturated rings. The van der Waals surface area contributed by atoms with Gasteiger partial charge in [-0.25, -0.2) is 0 Å². The van der Waals surface area contributed by atoms with Crippen molar-refractivity contribution in [2.45, 2.75) is 105 Å². The van der Waals surface area contributed by atoms with Gasteiger partial charge < -0.3 is 0 Å². The lowest BCUT2D eigenvalue weighted by Gasteiger charge is -2.60. The predicted molar refractivity (Wildman–Crippen MR) is 136 cm³/mol. The Morgan fingerprint density at radius 2 is 1.84 bits per heavy atom. The van der Waals surface area contributed by atoms with Gasteiger partial charge in [-0.3, -0.25) is 0 Å². The summed E-state index contributed by atoms with van der Waals surface area (Å²) in [7, 11) is 0. The Morgan fingerprint density at radius 3 is 2.55 bits per heavy atom. The molecule has 0 spiro atoms. The van der Waals surface area contributed by atoms with E-state index in [0.717, 1.165) is 41.4 Å². The number of rotatable bonds is 7. The monoisotopic (exact) mass is 422 g/mol. The second-order valence-corrected chi connectivity index (χ2v) is 13.0. The zero-order valence-electron chi connectivity index (χ0n) is 21.4. The summed E-state index contributed by atoms with van der Waals surface area (Å²) in [6.45, 7) is 21.3. The van der Waals surface area contributed by atoms with Crippen LogP contribution in [0.2, 0.25) is 0 Å².